The van der Waals surface area contributed by atoms with Gasteiger partial charge in [0, 0.05) is 11.4 Å². The summed E-state index contributed by atoms with van der Waals surface area (Å²) < 4.78 is 10.7. The van der Waals surface area contributed by atoms with Gasteiger partial charge in [-0.1, -0.05) is 29.8 Å². The predicted octanol–water partition coefficient (Wildman–Crippen LogP) is 4.66. The van der Waals surface area contributed by atoms with Gasteiger partial charge in [-0.05, 0) is 63.6 Å². The molecule has 0 radical (unpaired) electrons. The van der Waals surface area contributed by atoms with Crippen LogP contribution in [0.2, 0.25) is 0 Å². The number of aryl methyl sites for hydroxylation is 1. The summed E-state index contributed by atoms with van der Waals surface area (Å²) in [5, 5.41) is 0. The second kappa shape index (κ2) is 8.78. The van der Waals surface area contributed by atoms with E-state index in [0.717, 1.165) is 22.6 Å². The predicted molar refractivity (Wildman–Crippen MR) is 114 cm³/mol. The van der Waals surface area contributed by atoms with Gasteiger partial charge in [0.2, 0.25) is 0 Å². The third kappa shape index (κ3) is 4.24. The van der Waals surface area contributed by atoms with Crippen LogP contribution in [0.3, 0.4) is 0 Å². The zero-order chi connectivity index (χ0) is 21.0. The van der Waals surface area contributed by atoms with Crippen molar-refractivity contribution in [3.8, 4) is 5.75 Å². The van der Waals surface area contributed by atoms with Crippen molar-refractivity contribution in [1.29, 1.82) is 0 Å². The highest BCUT2D eigenvalue weighted by atomic mass is 16.5. The largest absolute Gasteiger partial charge is 0.494 e. The van der Waals surface area contributed by atoms with E-state index < -0.39 is 5.97 Å². The van der Waals surface area contributed by atoms with E-state index in [1.807, 2.05) is 62.4 Å². The van der Waals surface area contributed by atoms with Gasteiger partial charge in [0.25, 0.3) is 5.91 Å². The van der Waals surface area contributed by atoms with Gasteiger partial charge in [-0.3, -0.25) is 9.69 Å². The summed E-state index contributed by atoms with van der Waals surface area (Å²) in [5.41, 5.74) is 3.80. The number of esters is 1. The Bertz CT molecular complexity index is 969. The molecule has 0 N–H and O–H groups in total. The summed E-state index contributed by atoms with van der Waals surface area (Å²) >= 11 is 0. The molecular formula is C24H25NO4. The molecule has 1 amide bonds. The van der Waals surface area contributed by atoms with Crippen molar-refractivity contribution in [2.75, 3.05) is 18.1 Å². The Kier molecular flexibility index (Phi) is 6.17. The van der Waals surface area contributed by atoms with Gasteiger partial charge in [0.15, 0.2) is 0 Å². The third-order valence-electron chi connectivity index (χ3n) is 4.67. The van der Waals surface area contributed by atoms with E-state index in [1.54, 1.807) is 24.8 Å². The molecular weight excluding hydrogens is 366 g/mol. The van der Waals surface area contributed by atoms with Crippen LogP contribution in [0.25, 0.3) is 6.08 Å². The lowest BCUT2D eigenvalue weighted by atomic mass is 10.0. The summed E-state index contributed by atoms with van der Waals surface area (Å²) in [6.07, 6.45) is 1.72. The van der Waals surface area contributed by atoms with Crippen molar-refractivity contribution < 1.29 is 19.1 Å². The molecule has 2 aromatic rings. The molecule has 0 atom stereocenters. The summed E-state index contributed by atoms with van der Waals surface area (Å²) in [7, 11) is 0. The first kappa shape index (κ1) is 20.4. The van der Waals surface area contributed by atoms with E-state index in [4.69, 9.17) is 9.47 Å². The molecule has 3 rings (SSSR count). The van der Waals surface area contributed by atoms with Gasteiger partial charge in [0.05, 0.1) is 24.4 Å². The SMILES string of the molecule is CCOC(=O)C1=C(C)N(c2ccc(C)cc2)C(=O)/C1=C\c1ccc(OCC)cc1. The summed E-state index contributed by atoms with van der Waals surface area (Å²) in [5.74, 6) is 0.0134. The lowest BCUT2D eigenvalue weighted by Crippen LogP contribution is -2.24. The Hall–Kier alpha value is -3.34. The molecule has 0 aliphatic carbocycles. The molecule has 0 bridgehead atoms. The van der Waals surface area contributed by atoms with Crippen molar-refractivity contribution in [1.82, 2.24) is 0 Å². The normalized spacial score (nSPS) is 15.2. The molecule has 1 aliphatic heterocycles. The molecule has 150 valence electrons. The van der Waals surface area contributed by atoms with Crippen LogP contribution in [0.4, 0.5) is 5.69 Å². The molecule has 0 fully saturated rings. The first-order chi connectivity index (χ1) is 14.0. The lowest BCUT2D eigenvalue weighted by molar-refractivity contribution is -0.138. The minimum Gasteiger partial charge on any atom is -0.494 e. The van der Waals surface area contributed by atoms with Crippen LogP contribution in [-0.2, 0) is 14.3 Å². The number of nitrogens with zero attached hydrogens (tertiary/aromatic N) is 1. The number of anilines is 1. The molecule has 1 aliphatic rings. The van der Waals surface area contributed by atoms with Gasteiger partial charge in [0.1, 0.15) is 5.75 Å². The molecule has 0 aromatic heterocycles. The fraction of sp³-hybridized carbons (Fsp3) is 0.250. The lowest BCUT2D eigenvalue weighted by Gasteiger charge is -2.18. The van der Waals surface area contributed by atoms with Crippen LogP contribution >= 0.6 is 0 Å². The Labute approximate surface area is 171 Å². The molecule has 0 saturated heterocycles. The number of hydrogen-bond donors (Lipinski definition) is 0. The molecule has 0 saturated carbocycles. The van der Waals surface area contributed by atoms with E-state index >= 15 is 0 Å². The monoisotopic (exact) mass is 391 g/mol. The fourth-order valence-corrected chi connectivity index (χ4v) is 3.28. The standard InChI is InChI=1S/C24H25NO4/c1-5-28-20-13-9-18(10-14-20)15-21-22(24(27)29-6-2)17(4)25(23(21)26)19-11-7-16(3)8-12-19/h7-15H,5-6H2,1-4H3/b21-15-. The van der Waals surface area contributed by atoms with Crippen molar-refractivity contribution >= 4 is 23.6 Å². The van der Waals surface area contributed by atoms with Crippen LogP contribution in [0.15, 0.2) is 65.4 Å². The number of hydrogen-bond acceptors (Lipinski definition) is 4. The highest BCUT2D eigenvalue weighted by Gasteiger charge is 2.38. The van der Waals surface area contributed by atoms with Crippen LogP contribution in [-0.4, -0.2) is 25.1 Å². The topological polar surface area (TPSA) is 55.8 Å². The number of ether oxygens (including phenoxy) is 2. The number of benzene rings is 2. The average Bonchev–Trinajstić information content (AvgIpc) is 2.94. The number of carbonyl (C=O) groups excluding carboxylic acids is 2. The minimum atomic E-state index is -0.495. The zero-order valence-electron chi connectivity index (χ0n) is 17.2. The van der Waals surface area contributed by atoms with Crippen LogP contribution in [0.5, 0.6) is 5.75 Å². The van der Waals surface area contributed by atoms with E-state index in [0.29, 0.717) is 23.5 Å². The van der Waals surface area contributed by atoms with Gasteiger partial charge in [-0.25, -0.2) is 4.79 Å². The molecule has 1 heterocycles. The molecule has 5 nitrogen and oxygen atoms in total. The molecule has 0 spiro atoms. The Morgan fingerprint density at radius 1 is 0.966 bits per heavy atom. The fourth-order valence-electron chi connectivity index (χ4n) is 3.28. The Morgan fingerprint density at radius 2 is 1.62 bits per heavy atom. The van der Waals surface area contributed by atoms with Crippen LogP contribution in [0.1, 0.15) is 31.9 Å². The maximum atomic E-state index is 13.3. The minimum absolute atomic E-state index is 0.241. The highest BCUT2D eigenvalue weighted by Crippen LogP contribution is 2.35. The third-order valence-corrected chi connectivity index (χ3v) is 4.67. The van der Waals surface area contributed by atoms with Crippen molar-refractivity contribution in [3.05, 3.63) is 76.5 Å². The second-order valence-corrected chi connectivity index (χ2v) is 6.72. The van der Waals surface area contributed by atoms with Crippen molar-refractivity contribution in [3.63, 3.8) is 0 Å². The van der Waals surface area contributed by atoms with E-state index in [2.05, 4.69) is 0 Å². The van der Waals surface area contributed by atoms with Crippen LogP contribution < -0.4 is 9.64 Å². The molecule has 29 heavy (non-hydrogen) atoms. The van der Waals surface area contributed by atoms with Crippen molar-refractivity contribution in [2.45, 2.75) is 27.7 Å². The Morgan fingerprint density at radius 3 is 2.21 bits per heavy atom. The molecule has 5 heteroatoms. The smallest absolute Gasteiger partial charge is 0.340 e. The number of allylic oxidation sites excluding steroid dienone is 1. The summed E-state index contributed by atoms with van der Waals surface area (Å²) in [6.45, 7) is 8.25. The van der Waals surface area contributed by atoms with E-state index in [-0.39, 0.29) is 12.5 Å². The van der Waals surface area contributed by atoms with Gasteiger partial charge in [-0.2, -0.15) is 0 Å². The first-order valence-corrected chi connectivity index (χ1v) is 9.70. The zero-order valence-corrected chi connectivity index (χ0v) is 17.2. The average molecular weight is 391 g/mol. The highest BCUT2D eigenvalue weighted by molar-refractivity contribution is 6.23. The number of amides is 1. The second-order valence-electron chi connectivity index (χ2n) is 6.72. The van der Waals surface area contributed by atoms with Crippen LogP contribution in [0, 0.1) is 6.92 Å². The first-order valence-electron chi connectivity index (χ1n) is 9.70. The van der Waals surface area contributed by atoms with E-state index in [1.165, 1.54) is 0 Å². The summed E-state index contributed by atoms with van der Waals surface area (Å²) in [4.78, 5) is 27.5. The number of carbonyl (C=O) groups is 2. The maximum Gasteiger partial charge on any atom is 0.340 e. The molecule has 0 unspecified atom stereocenters. The summed E-state index contributed by atoms with van der Waals surface area (Å²) in [6, 6.07) is 15.0. The quantitative estimate of drug-likeness (QED) is 0.531. The van der Waals surface area contributed by atoms with Gasteiger partial charge >= 0.3 is 5.97 Å². The van der Waals surface area contributed by atoms with E-state index in [9.17, 15) is 9.59 Å². The maximum absolute atomic E-state index is 13.3. The molecule has 2 aromatic carbocycles. The van der Waals surface area contributed by atoms with Gasteiger partial charge < -0.3 is 9.47 Å². The Balaban J connectivity index is 2.05. The van der Waals surface area contributed by atoms with Gasteiger partial charge in [-0.15, -0.1) is 0 Å². The number of rotatable bonds is 6. The van der Waals surface area contributed by atoms with Crippen molar-refractivity contribution in [2.24, 2.45) is 0 Å².